The highest BCUT2D eigenvalue weighted by molar-refractivity contribution is 6.30. The van der Waals surface area contributed by atoms with E-state index in [4.69, 9.17) is 16.7 Å². The summed E-state index contributed by atoms with van der Waals surface area (Å²) in [4.78, 5) is 10.4. The largest absolute Gasteiger partial charge is 0.481 e. The molecule has 8 heteroatoms. The molecule has 106 valence electrons. The monoisotopic (exact) mass is 298 g/mol. The molecule has 19 heavy (non-hydrogen) atoms. The number of carboxylic acid groups (broad SMARTS) is 1. The topological polar surface area (TPSA) is 77.8 Å². The molecule has 0 saturated carbocycles. The number of halogens is 4. The number of alkyl halides is 3. The van der Waals surface area contributed by atoms with E-state index in [9.17, 15) is 28.2 Å². The molecule has 0 aromatic heterocycles. The van der Waals surface area contributed by atoms with Crippen molar-refractivity contribution in [2.45, 2.75) is 24.8 Å². The number of hydrogen-bond acceptors (Lipinski definition) is 3. The van der Waals surface area contributed by atoms with Crippen molar-refractivity contribution in [3.8, 4) is 0 Å². The van der Waals surface area contributed by atoms with Crippen LogP contribution in [-0.2, 0) is 11.0 Å². The number of hydrogen-bond donors (Lipinski definition) is 3. The predicted octanol–water partition coefficient (Wildman–Crippen LogP) is 2.23. The number of aliphatic carboxylic acids is 1. The average Bonchev–Trinajstić information content (AvgIpc) is 2.25. The lowest BCUT2D eigenvalue weighted by molar-refractivity contribution is -0.142. The molecule has 1 aromatic carbocycles. The minimum absolute atomic E-state index is 0.184. The van der Waals surface area contributed by atoms with E-state index in [2.05, 4.69) is 0 Å². The molecule has 4 nitrogen and oxygen atoms in total. The molecule has 1 rings (SSSR count). The van der Waals surface area contributed by atoms with Gasteiger partial charge in [-0.2, -0.15) is 13.2 Å². The average molecular weight is 299 g/mol. The Bertz CT molecular complexity index is 475. The molecule has 0 amide bonds. The van der Waals surface area contributed by atoms with Gasteiger partial charge in [0.2, 0.25) is 0 Å². The van der Waals surface area contributed by atoms with Gasteiger partial charge < -0.3 is 15.3 Å². The molecule has 0 fully saturated rings. The molecule has 0 bridgehead atoms. The molecule has 0 aliphatic heterocycles. The second kappa shape index (κ2) is 5.77. The van der Waals surface area contributed by atoms with Gasteiger partial charge in [0, 0.05) is 5.02 Å². The molecular weight excluding hydrogens is 289 g/mol. The molecule has 0 aliphatic carbocycles. The summed E-state index contributed by atoms with van der Waals surface area (Å²) >= 11 is 5.45. The zero-order valence-corrected chi connectivity index (χ0v) is 10.1. The van der Waals surface area contributed by atoms with Crippen molar-refractivity contribution in [1.82, 2.24) is 0 Å². The zero-order valence-electron chi connectivity index (χ0n) is 9.36. The van der Waals surface area contributed by atoms with Crippen LogP contribution in [0.2, 0.25) is 5.02 Å². The van der Waals surface area contributed by atoms with E-state index in [0.717, 1.165) is 12.1 Å². The van der Waals surface area contributed by atoms with E-state index in [1.165, 1.54) is 0 Å². The van der Waals surface area contributed by atoms with Crippen molar-refractivity contribution < 1.29 is 33.3 Å². The summed E-state index contributed by atoms with van der Waals surface area (Å²) in [6, 6.07) is 2.62. The molecule has 2 atom stereocenters. The van der Waals surface area contributed by atoms with Gasteiger partial charge in [-0.25, -0.2) is 0 Å². The number of benzene rings is 1. The third-order valence-electron chi connectivity index (χ3n) is 2.39. The van der Waals surface area contributed by atoms with E-state index in [1.807, 2.05) is 0 Å². The Kier molecular flexibility index (Phi) is 4.78. The molecule has 0 heterocycles. The lowest BCUT2D eigenvalue weighted by Crippen LogP contribution is -2.24. The first-order valence-electron chi connectivity index (χ1n) is 5.07. The predicted molar refractivity (Wildman–Crippen MR) is 59.7 cm³/mol. The molecular formula is C11H10ClF3O4. The number of carbonyl (C=O) groups is 1. The van der Waals surface area contributed by atoms with Crippen LogP contribution in [0.15, 0.2) is 18.2 Å². The Morgan fingerprint density at radius 3 is 2.37 bits per heavy atom. The standard InChI is InChI=1S/C11H10ClF3O4/c12-5-1-2-6(7(3-5)11(13,14)15)10(19)8(16)4-9(17)18/h1-3,8,10,16,19H,4H2,(H,17,18). The lowest BCUT2D eigenvalue weighted by atomic mass is 9.97. The highest BCUT2D eigenvalue weighted by atomic mass is 35.5. The van der Waals surface area contributed by atoms with Crippen molar-refractivity contribution in [3.63, 3.8) is 0 Å². The van der Waals surface area contributed by atoms with Gasteiger partial charge in [-0.15, -0.1) is 0 Å². The lowest BCUT2D eigenvalue weighted by Gasteiger charge is -2.21. The zero-order chi connectivity index (χ0) is 14.8. The molecule has 1 aromatic rings. The van der Waals surface area contributed by atoms with Crippen molar-refractivity contribution in [1.29, 1.82) is 0 Å². The normalized spacial score (nSPS) is 15.1. The SMILES string of the molecule is O=C(O)CC(O)C(O)c1ccc(Cl)cc1C(F)(F)F. The van der Waals surface area contributed by atoms with E-state index in [-0.39, 0.29) is 5.02 Å². The van der Waals surface area contributed by atoms with Crippen LogP contribution in [0.4, 0.5) is 13.2 Å². The first kappa shape index (κ1) is 15.7. The fourth-order valence-electron chi connectivity index (χ4n) is 1.53. The number of aliphatic hydroxyl groups is 2. The first-order valence-corrected chi connectivity index (χ1v) is 5.45. The first-order chi connectivity index (χ1) is 8.62. The Labute approximate surface area is 111 Å². The molecule has 0 radical (unpaired) electrons. The Morgan fingerprint density at radius 2 is 1.89 bits per heavy atom. The van der Waals surface area contributed by atoms with Gasteiger partial charge in [0.1, 0.15) is 6.10 Å². The van der Waals surface area contributed by atoms with Crippen molar-refractivity contribution in [2.75, 3.05) is 0 Å². The van der Waals surface area contributed by atoms with Crippen LogP contribution in [0.1, 0.15) is 23.7 Å². The van der Waals surface area contributed by atoms with Crippen LogP contribution in [-0.4, -0.2) is 27.4 Å². The number of carboxylic acids is 1. The summed E-state index contributed by atoms with van der Waals surface area (Å²) < 4.78 is 38.2. The van der Waals surface area contributed by atoms with Gasteiger partial charge in [0.25, 0.3) is 0 Å². The summed E-state index contributed by atoms with van der Waals surface area (Å²) in [5, 5.41) is 27.2. The Hall–Kier alpha value is -1.31. The van der Waals surface area contributed by atoms with Gasteiger partial charge in [0.15, 0.2) is 0 Å². The van der Waals surface area contributed by atoms with Gasteiger partial charge in [-0.05, 0) is 17.7 Å². The van der Waals surface area contributed by atoms with Crippen LogP contribution in [0.25, 0.3) is 0 Å². The quantitative estimate of drug-likeness (QED) is 0.796. The van der Waals surface area contributed by atoms with Gasteiger partial charge in [-0.1, -0.05) is 17.7 Å². The van der Waals surface area contributed by atoms with Gasteiger partial charge in [-0.3, -0.25) is 4.79 Å². The van der Waals surface area contributed by atoms with E-state index in [1.54, 1.807) is 0 Å². The number of rotatable bonds is 4. The van der Waals surface area contributed by atoms with Crippen LogP contribution in [0.5, 0.6) is 0 Å². The second-order valence-corrected chi connectivity index (χ2v) is 4.28. The smallest absolute Gasteiger partial charge is 0.416 e. The molecule has 0 aliphatic rings. The summed E-state index contributed by atoms with van der Waals surface area (Å²) in [6.45, 7) is 0. The van der Waals surface area contributed by atoms with Crippen LogP contribution in [0, 0.1) is 0 Å². The van der Waals surface area contributed by atoms with E-state index >= 15 is 0 Å². The van der Waals surface area contributed by atoms with E-state index in [0.29, 0.717) is 6.07 Å². The molecule has 2 unspecified atom stereocenters. The highest BCUT2D eigenvalue weighted by Crippen LogP contribution is 2.37. The highest BCUT2D eigenvalue weighted by Gasteiger charge is 2.37. The Morgan fingerprint density at radius 1 is 1.32 bits per heavy atom. The second-order valence-electron chi connectivity index (χ2n) is 3.84. The van der Waals surface area contributed by atoms with Crippen LogP contribution < -0.4 is 0 Å². The Balaban J connectivity index is 3.16. The van der Waals surface area contributed by atoms with Crippen molar-refractivity contribution in [2.24, 2.45) is 0 Å². The third kappa shape index (κ3) is 4.09. The van der Waals surface area contributed by atoms with Gasteiger partial charge >= 0.3 is 12.1 Å². The fraction of sp³-hybridized carbons (Fsp3) is 0.364. The van der Waals surface area contributed by atoms with Crippen molar-refractivity contribution >= 4 is 17.6 Å². The summed E-state index contributed by atoms with van der Waals surface area (Å²) in [5.41, 5.74) is -1.83. The van der Waals surface area contributed by atoms with Gasteiger partial charge in [0.05, 0.1) is 18.1 Å². The fourth-order valence-corrected chi connectivity index (χ4v) is 1.70. The van der Waals surface area contributed by atoms with Crippen molar-refractivity contribution in [3.05, 3.63) is 34.3 Å². The maximum atomic E-state index is 12.7. The third-order valence-corrected chi connectivity index (χ3v) is 2.62. The van der Waals surface area contributed by atoms with Crippen LogP contribution >= 0.6 is 11.6 Å². The summed E-state index contributed by atoms with van der Waals surface area (Å²) in [6.07, 6.45) is -9.46. The molecule has 0 spiro atoms. The summed E-state index contributed by atoms with van der Waals surface area (Å²) in [5.74, 6) is -1.44. The van der Waals surface area contributed by atoms with Crippen LogP contribution in [0.3, 0.4) is 0 Å². The summed E-state index contributed by atoms with van der Waals surface area (Å²) in [7, 11) is 0. The number of aliphatic hydroxyl groups excluding tert-OH is 2. The minimum Gasteiger partial charge on any atom is -0.481 e. The molecule has 0 saturated heterocycles. The maximum Gasteiger partial charge on any atom is 0.416 e. The molecule has 3 N–H and O–H groups in total. The van der Waals surface area contributed by atoms with E-state index < -0.39 is 41.9 Å². The minimum atomic E-state index is -4.77. The maximum absolute atomic E-state index is 12.7.